The van der Waals surface area contributed by atoms with Crippen molar-refractivity contribution in [2.45, 2.75) is 13.3 Å². The Labute approximate surface area is 163 Å². The molecule has 0 unspecified atom stereocenters. The minimum absolute atomic E-state index is 0.0792. The lowest BCUT2D eigenvalue weighted by Crippen LogP contribution is -2.21. The van der Waals surface area contributed by atoms with Crippen LogP contribution in [0.15, 0.2) is 65.8 Å². The van der Waals surface area contributed by atoms with Crippen LogP contribution in [0.5, 0.6) is 5.75 Å². The van der Waals surface area contributed by atoms with E-state index in [9.17, 15) is 14.7 Å². The smallest absolute Gasteiger partial charge is 0.245 e. The van der Waals surface area contributed by atoms with E-state index in [4.69, 9.17) is 0 Å². The highest BCUT2D eigenvalue weighted by Crippen LogP contribution is 2.15. The molecule has 0 saturated heterocycles. The molecule has 6 heteroatoms. The molecule has 28 heavy (non-hydrogen) atoms. The summed E-state index contributed by atoms with van der Waals surface area (Å²) in [5, 5.41) is 13.5. The van der Waals surface area contributed by atoms with E-state index in [0.717, 1.165) is 5.56 Å². The molecule has 6 nitrogen and oxygen atoms in total. The summed E-state index contributed by atoms with van der Waals surface area (Å²) in [7, 11) is 1.76. The van der Waals surface area contributed by atoms with Gasteiger partial charge in [0.25, 0.3) is 0 Å². The molecule has 0 fully saturated rings. The molecule has 0 spiro atoms. The van der Waals surface area contributed by atoms with Gasteiger partial charge >= 0.3 is 0 Å². The Hall–Kier alpha value is -3.67. The Balaban J connectivity index is 1.65. The van der Waals surface area contributed by atoms with E-state index in [-0.39, 0.29) is 23.9 Å². The van der Waals surface area contributed by atoms with Crippen molar-refractivity contribution in [2.24, 2.45) is 12.1 Å². The average molecular weight is 375 g/mol. The van der Waals surface area contributed by atoms with Crippen molar-refractivity contribution in [1.82, 2.24) is 9.99 Å². The minimum atomic E-state index is -0.317. The van der Waals surface area contributed by atoms with Crippen LogP contribution in [0.1, 0.15) is 32.9 Å². The topological polar surface area (TPSA) is 83.7 Å². The quantitative estimate of drug-likeness (QED) is 0.395. The number of phenolic OH excluding ortho intramolecular Hbond substituents is 1. The van der Waals surface area contributed by atoms with Crippen LogP contribution in [0, 0.1) is 6.92 Å². The van der Waals surface area contributed by atoms with Gasteiger partial charge in [0.2, 0.25) is 11.7 Å². The fourth-order valence-electron chi connectivity index (χ4n) is 2.79. The van der Waals surface area contributed by atoms with Crippen LogP contribution in [0.25, 0.3) is 0 Å². The highest BCUT2D eigenvalue weighted by molar-refractivity contribution is 6.08. The Morgan fingerprint density at radius 3 is 2.50 bits per heavy atom. The number of aryl methyl sites for hydroxylation is 1. The van der Waals surface area contributed by atoms with Crippen molar-refractivity contribution in [3.63, 3.8) is 0 Å². The summed E-state index contributed by atoms with van der Waals surface area (Å²) < 4.78 is 1.72. The molecule has 0 bridgehead atoms. The first-order valence-corrected chi connectivity index (χ1v) is 8.81. The summed E-state index contributed by atoms with van der Waals surface area (Å²) in [4.78, 5) is 24.8. The van der Waals surface area contributed by atoms with Crippen LogP contribution in [0.2, 0.25) is 0 Å². The van der Waals surface area contributed by atoms with Crippen LogP contribution in [0.3, 0.4) is 0 Å². The maximum atomic E-state index is 12.7. The number of hydrogen-bond acceptors (Lipinski definition) is 4. The number of ketones is 1. The maximum absolute atomic E-state index is 12.7. The number of amides is 1. The molecule has 1 aromatic heterocycles. The van der Waals surface area contributed by atoms with E-state index < -0.39 is 0 Å². The number of hydrogen-bond donors (Lipinski definition) is 2. The average Bonchev–Trinajstić information content (AvgIpc) is 3.03. The summed E-state index contributed by atoms with van der Waals surface area (Å²) in [5.41, 5.74) is 5.85. The van der Waals surface area contributed by atoms with Crippen LogP contribution >= 0.6 is 0 Å². The van der Waals surface area contributed by atoms with Crippen LogP contribution in [0.4, 0.5) is 0 Å². The van der Waals surface area contributed by atoms with E-state index >= 15 is 0 Å². The fraction of sp³-hybridized carbons (Fsp3) is 0.136. The predicted molar refractivity (Wildman–Crippen MR) is 108 cm³/mol. The molecule has 0 atom stereocenters. The Bertz CT molecular complexity index is 1030. The van der Waals surface area contributed by atoms with Gasteiger partial charge in [0.1, 0.15) is 5.75 Å². The van der Waals surface area contributed by atoms with Gasteiger partial charge in [-0.1, -0.05) is 42.0 Å². The molecule has 0 aliphatic carbocycles. The van der Waals surface area contributed by atoms with Gasteiger partial charge in [0.15, 0.2) is 0 Å². The van der Waals surface area contributed by atoms with E-state index in [0.29, 0.717) is 22.5 Å². The second-order valence-electron chi connectivity index (χ2n) is 6.49. The number of carbonyl (C=O) groups excluding carboxylic acids is 2. The van der Waals surface area contributed by atoms with E-state index in [1.807, 2.05) is 19.1 Å². The summed E-state index contributed by atoms with van der Waals surface area (Å²) in [6.45, 7) is 1.97. The summed E-state index contributed by atoms with van der Waals surface area (Å²) in [5.74, 6) is -0.323. The Morgan fingerprint density at radius 1 is 1.07 bits per heavy atom. The molecule has 3 rings (SSSR count). The molecule has 0 radical (unpaired) electrons. The molecule has 2 N–H and O–H groups in total. The van der Waals surface area contributed by atoms with Crippen LogP contribution in [-0.2, 0) is 18.3 Å². The van der Waals surface area contributed by atoms with Crippen molar-refractivity contribution < 1.29 is 14.7 Å². The maximum Gasteiger partial charge on any atom is 0.245 e. The summed E-state index contributed by atoms with van der Waals surface area (Å²) in [6, 6.07) is 17.6. The number of carbonyl (C=O) groups is 2. The number of nitrogens with one attached hydrogen (secondary N) is 1. The second-order valence-corrected chi connectivity index (χ2v) is 6.49. The first-order chi connectivity index (χ1) is 13.5. The number of aromatic nitrogens is 1. The third kappa shape index (κ3) is 4.35. The van der Waals surface area contributed by atoms with Gasteiger partial charge in [-0.05, 0) is 31.2 Å². The van der Waals surface area contributed by atoms with Crippen molar-refractivity contribution in [2.75, 3.05) is 0 Å². The SMILES string of the molecule is Cc1ccc(C(=O)c2ccc(CC(=O)N/N=C/c3ccccc3O)n2C)cc1. The number of benzene rings is 2. The predicted octanol–water partition coefficient (Wildman–Crippen LogP) is 2.96. The lowest BCUT2D eigenvalue weighted by atomic mass is 10.1. The number of rotatable bonds is 6. The molecular formula is C22H21N3O3. The number of phenols is 1. The van der Waals surface area contributed by atoms with Gasteiger partial charge in [0, 0.05) is 23.9 Å². The number of aromatic hydroxyl groups is 1. The van der Waals surface area contributed by atoms with E-state index in [1.165, 1.54) is 6.21 Å². The lowest BCUT2D eigenvalue weighted by molar-refractivity contribution is -0.120. The molecule has 2 aromatic carbocycles. The third-order valence-corrected chi connectivity index (χ3v) is 4.44. The van der Waals surface area contributed by atoms with Crippen LogP contribution in [-0.4, -0.2) is 27.6 Å². The molecule has 1 heterocycles. The highest BCUT2D eigenvalue weighted by Gasteiger charge is 2.16. The van der Waals surface area contributed by atoms with Gasteiger partial charge in [-0.2, -0.15) is 5.10 Å². The van der Waals surface area contributed by atoms with Gasteiger partial charge < -0.3 is 9.67 Å². The molecule has 0 aliphatic rings. The van der Waals surface area contributed by atoms with Gasteiger partial charge in [-0.15, -0.1) is 0 Å². The Kier molecular flexibility index (Phi) is 5.69. The summed E-state index contributed by atoms with van der Waals surface area (Å²) in [6.07, 6.45) is 1.46. The molecular weight excluding hydrogens is 354 g/mol. The fourth-order valence-corrected chi connectivity index (χ4v) is 2.79. The largest absolute Gasteiger partial charge is 0.507 e. The minimum Gasteiger partial charge on any atom is -0.507 e. The highest BCUT2D eigenvalue weighted by atomic mass is 16.3. The zero-order chi connectivity index (χ0) is 20.1. The van der Waals surface area contributed by atoms with Crippen molar-refractivity contribution in [3.8, 4) is 5.75 Å². The van der Waals surface area contributed by atoms with Gasteiger partial charge in [-0.3, -0.25) is 9.59 Å². The van der Waals surface area contributed by atoms with Crippen molar-refractivity contribution >= 4 is 17.9 Å². The number of nitrogens with zero attached hydrogens (tertiary/aromatic N) is 2. The zero-order valence-corrected chi connectivity index (χ0v) is 15.7. The molecule has 3 aromatic rings. The summed E-state index contributed by atoms with van der Waals surface area (Å²) >= 11 is 0. The Morgan fingerprint density at radius 2 is 1.79 bits per heavy atom. The van der Waals surface area contributed by atoms with Crippen LogP contribution < -0.4 is 5.43 Å². The molecule has 0 aliphatic heterocycles. The monoisotopic (exact) mass is 375 g/mol. The standard InChI is InChI=1S/C22H21N3O3/c1-15-7-9-16(10-8-15)22(28)19-12-11-18(25(19)2)13-21(27)24-23-14-17-5-3-4-6-20(17)26/h3-12,14,26H,13H2,1-2H3,(H,24,27)/b23-14+. The lowest BCUT2D eigenvalue weighted by Gasteiger charge is -2.07. The molecule has 142 valence electrons. The first kappa shape index (κ1) is 19.1. The number of hydrazone groups is 1. The molecule has 0 saturated carbocycles. The van der Waals surface area contributed by atoms with E-state index in [1.54, 1.807) is 60.1 Å². The molecule has 1 amide bonds. The van der Waals surface area contributed by atoms with Gasteiger partial charge in [0.05, 0.1) is 18.3 Å². The second kappa shape index (κ2) is 8.35. The van der Waals surface area contributed by atoms with Crippen molar-refractivity contribution in [3.05, 3.63) is 88.7 Å². The first-order valence-electron chi connectivity index (χ1n) is 8.81. The van der Waals surface area contributed by atoms with Gasteiger partial charge in [-0.25, -0.2) is 5.43 Å². The normalized spacial score (nSPS) is 10.9. The number of para-hydroxylation sites is 1. The van der Waals surface area contributed by atoms with E-state index in [2.05, 4.69) is 10.5 Å². The van der Waals surface area contributed by atoms with Crippen molar-refractivity contribution in [1.29, 1.82) is 0 Å². The zero-order valence-electron chi connectivity index (χ0n) is 15.7. The third-order valence-electron chi connectivity index (χ3n) is 4.44.